The number of halogens is 1. The Morgan fingerprint density at radius 3 is 2.73 bits per heavy atom. The molecular weight excluding hydrogens is 301 g/mol. The summed E-state index contributed by atoms with van der Waals surface area (Å²) in [5.74, 6) is 0.785. The SMILES string of the molecule is O=C(c1csc(-c2ccccc2F)n1)N1C[C@H]2CNC[C@H]2C1. The van der Waals surface area contributed by atoms with Crippen LogP contribution in [0.25, 0.3) is 10.6 Å². The van der Waals surface area contributed by atoms with Gasteiger partial charge in [0.2, 0.25) is 0 Å². The van der Waals surface area contributed by atoms with Gasteiger partial charge in [-0.1, -0.05) is 12.1 Å². The van der Waals surface area contributed by atoms with E-state index < -0.39 is 0 Å². The van der Waals surface area contributed by atoms with E-state index in [2.05, 4.69) is 10.3 Å². The van der Waals surface area contributed by atoms with Crippen molar-refractivity contribution >= 4 is 17.2 Å². The van der Waals surface area contributed by atoms with E-state index in [9.17, 15) is 9.18 Å². The average Bonchev–Trinajstić information content (AvgIpc) is 3.22. The fraction of sp³-hybridized carbons (Fsp3) is 0.375. The van der Waals surface area contributed by atoms with Crippen molar-refractivity contribution in [1.29, 1.82) is 0 Å². The van der Waals surface area contributed by atoms with Crippen LogP contribution in [0.2, 0.25) is 0 Å². The fourth-order valence-corrected chi connectivity index (χ4v) is 4.13. The van der Waals surface area contributed by atoms with Crippen molar-refractivity contribution in [3.63, 3.8) is 0 Å². The van der Waals surface area contributed by atoms with Gasteiger partial charge in [-0.15, -0.1) is 11.3 Å². The molecule has 2 aliphatic heterocycles. The molecule has 2 aromatic rings. The van der Waals surface area contributed by atoms with Gasteiger partial charge in [0.25, 0.3) is 5.91 Å². The van der Waals surface area contributed by atoms with Crippen molar-refractivity contribution in [1.82, 2.24) is 15.2 Å². The fourth-order valence-electron chi connectivity index (χ4n) is 3.31. The second kappa shape index (κ2) is 5.44. The lowest BCUT2D eigenvalue weighted by Crippen LogP contribution is -2.32. The minimum absolute atomic E-state index is 0.0340. The summed E-state index contributed by atoms with van der Waals surface area (Å²) in [4.78, 5) is 18.8. The maximum Gasteiger partial charge on any atom is 0.273 e. The molecule has 4 rings (SSSR count). The van der Waals surface area contributed by atoms with Gasteiger partial charge in [-0.2, -0.15) is 0 Å². The first-order valence-electron chi connectivity index (χ1n) is 7.43. The predicted octanol–water partition coefficient (Wildman–Crippen LogP) is 2.24. The molecule has 0 saturated carbocycles. The summed E-state index contributed by atoms with van der Waals surface area (Å²) >= 11 is 1.31. The van der Waals surface area contributed by atoms with Gasteiger partial charge < -0.3 is 10.2 Å². The minimum Gasteiger partial charge on any atom is -0.337 e. The summed E-state index contributed by atoms with van der Waals surface area (Å²) in [6.07, 6.45) is 0. The van der Waals surface area contributed by atoms with Crippen LogP contribution in [0.15, 0.2) is 29.6 Å². The molecule has 22 heavy (non-hydrogen) atoms. The standard InChI is InChI=1S/C16H16FN3OS/c17-13-4-2-1-3-12(13)15-19-14(9-22-15)16(21)20-7-10-5-18-6-11(10)8-20/h1-4,9-11,18H,5-8H2/t10-,11+. The van der Waals surface area contributed by atoms with Gasteiger partial charge in [-0.25, -0.2) is 9.37 Å². The number of carbonyl (C=O) groups excluding carboxylic acids is 1. The summed E-state index contributed by atoms with van der Waals surface area (Å²) < 4.78 is 13.8. The number of amides is 1. The summed E-state index contributed by atoms with van der Waals surface area (Å²) in [5, 5.41) is 5.65. The second-order valence-corrected chi connectivity index (χ2v) is 6.76. The summed E-state index contributed by atoms with van der Waals surface area (Å²) in [5.41, 5.74) is 0.880. The molecule has 0 unspecified atom stereocenters. The highest BCUT2D eigenvalue weighted by molar-refractivity contribution is 7.13. The van der Waals surface area contributed by atoms with E-state index in [0.29, 0.717) is 28.1 Å². The first-order valence-corrected chi connectivity index (χ1v) is 8.31. The molecule has 3 heterocycles. The summed E-state index contributed by atoms with van der Waals surface area (Å²) in [6, 6.07) is 6.52. The van der Waals surface area contributed by atoms with Crippen LogP contribution in [0.3, 0.4) is 0 Å². The Hall–Kier alpha value is -1.79. The number of fused-ring (bicyclic) bond motifs is 1. The average molecular weight is 317 g/mol. The Balaban J connectivity index is 1.54. The lowest BCUT2D eigenvalue weighted by molar-refractivity contribution is 0.0777. The molecule has 2 fully saturated rings. The molecule has 0 radical (unpaired) electrons. The summed E-state index contributed by atoms with van der Waals surface area (Å²) in [7, 11) is 0. The number of nitrogens with zero attached hydrogens (tertiary/aromatic N) is 2. The molecule has 4 nitrogen and oxygen atoms in total. The quantitative estimate of drug-likeness (QED) is 0.924. The number of likely N-dealkylation sites (tertiary alicyclic amines) is 1. The van der Waals surface area contributed by atoms with E-state index in [1.54, 1.807) is 23.6 Å². The van der Waals surface area contributed by atoms with E-state index in [1.807, 2.05) is 4.90 Å². The third kappa shape index (κ3) is 2.32. The molecule has 0 spiro atoms. The largest absolute Gasteiger partial charge is 0.337 e. The Morgan fingerprint density at radius 1 is 1.27 bits per heavy atom. The Morgan fingerprint density at radius 2 is 2.00 bits per heavy atom. The second-order valence-electron chi connectivity index (χ2n) is 5.91. The van der Waals surface area contributed by atoms with E-state index in [0.717, 1.165) is 26.2 Å². The molecule has 1 aromatic heterocycles. The summed E-state index contributed by atoms with van der Waals surface area (Å²) in [6.45, 7) is 3.57. The normalized spacial score (nSPS) is 23.8. The van der Waals surface area contributed by atoms with Crippen LogP contribution in [-0.2, 0) is 0 Å². The molecule has 1 amide bonds. The van der Waals surface area contributed by atoms with Gasteiger partial charge in [-0.05, 0) is 24.0 Å². The van der Waals surface area contributed by atoms with Crippen LogP contribution >= 0.6 is 11.3 Å². The number of nitrogens with one attached hydrogen (secondary N) is 1. The highest BCUT2D eigenvalue weighted by atomic mass is 32.1. The predicted molar refractivity (Wildman–Crippen MR) is 83.3 cm³/mol. The van der Waals surface area contributed by atoms with Gasteiger partial charge in [0.05, 0.1) is 0 Å². The van der Waals surface area contributed by atoms with Crippen molar-refractivity contribution in [3.8, 4) is 10.6 Å². The van der Waals surface area contributed by atoms with E-state index in [4.69, 9.17) is 0 Å². The number of aromatic nitrogens is 1. The zero-order valence-electron chi connectivity index (χ0n) is 12.0. The molecule has 6 heteroatoms. The molecule has 2 aliphatic rings. The van der Waals surface area contributed by atoms with Crippen molar-refractivity contribution < 1.29 is 9.18 Å². The van der Waals surface area contributed by atoms with Crippen molar-refractivity contribution in [3.05, 3.63) is 41.2 Å². The lowest BCUT2D eigenvalue weighted by Gasteiger charge is -2.15. The smallest absolute Gasteiger partial charge is 0.273 e. The third-order valence-electron chi connectivity index (χ3n) is 4.50. The highest BCUT2D eigenvalue weighted by Gasteiger charge is 2.38. The lowest BCUT2D eigenvalue weighted by atomic mass is 10.0. The number of benzene rings is 1. The van der Waals surface area contributed by atoms with Crippen LogP contribution in [0.1, 0.15) is 10.5 Å². The molecule has 1 N–H and O–H groups in total. The molecule has 114 valence electrons. The third-order valence-corrected chi connectivity index (χ3v) is 5.38. The van der Waals surface area contributed by atoms with E-state index in [1.165, 1.54) is 17.4 Å². The van der Waals surface area contributed by atoms with Gasteiger partial charge in [-0.3, -0.25) is 4.79 Å². The molecular formula is C16H16FN3OS. The topological polar surface area (TPSA) is 45.2 Å². The molecule has 2 saturated heterocycles. The van der Waals surface area contributed by atoms with Crippen LogP contribution in [0.4, 0.5) is 4.39 Å². The molecule has 1 aromatic carbocycles. The number of hydrogen-bond donors (Lipinski definition) is 1. The first kappa shape index (κ1) is 13.8. The van der Waals surface area contributed by atoms with Crippen molar-refractivity contribution in [2.24, 2.45) is 11.8 Å². The Kier molecular flexibility index (Phi) is 3.43. The van der Waals surface area contributed by atoms with Gasteiger partial charge in [0.1, 0.15) is 16.5 Å². The van der Waals surface area contributed by atoms with Gasteiger partial charge in [0, 0.05) is 37.1 Å². The van der Waals surface area contributed by atoms with E-state index >= 15 is 0 Å². The number of carbonyl (C=O) groups is 1. The molecule has 0 aliphatic carbocycles. The van der Waals surface area contributed by atoms with Gasteiger partial charge in [0.15, 0.2) is 0 Å². The minimum atomic E-state index is -0.308. The number of hydrogen-bond acceptors (Lipinski definition) is 4. The maximum atomic E-state index is 13.8. The van der Waals surface area contributed by atoms with Crippen molar-refractivity contribution in [2.45, 2.75) is 0 Å². The van der Waals surface area contributed by atoms with E-state index in [-0.39, 0.29) is 11.7 Å². The number of thiazole rings is 1. The van der Waals surface area contributed by atoms with Crippen LogP contribution in [-0.4, -0.2) is 42.0 Å². The first-order chi connectivity index (χ1) is 10.7. The zero-order valence-corrected chi connectivity index (χ0v) is 12.8. The van der Waals surface area contributed by atoms with Crippen LogP contribution < -0.4 is 5.32 Å². The van der Waals surface area contributed by atoms with Crippen molar-refractivity contribution in [2.75, 3.05) is 26.2 Å². The Labute approximate surface area is 132 Å². The maximum absolute atomic E-state index is 13.8. The van der Waals surface area contributed by atoms with Crippen LogP contribution in [0.5, 0.6) is 0 Å². The molecule has 0 bridgehead atoms. The van der Waals surface area contributed by atoms with Gasteiger partial charge >= 0.3 is 0 Å². The zero-order chi connectivity index (χ0) is 15.1. The highest BCUT2D eigenvalue weighted by Crippen LogP contribution is 2.30. The Bertz CT molecular complexity index is 705. The molecule has 2 atom stereocenters. The monoisotopic (exact) mass is 317 g/mol. The number of rotatable bonds is 2. The van der Waals surface area contributed by atoms with Crippen LogP contribution in [0, 0.1) is 17.7 Å².